The van der Waals surface area contributed by atoms with Gasteiger partial charge in [-0.25, -0.2) is 0 Å². The fourth-order valence-corrected chi connectivity index (χ4v) is 7.60. The van der Waals surface area contributed by atoms with E-state index in [4.69, 9.17) is 13.8 Å². The third-order valence-corrected chi connectivity index (χ3v) is 11.8. The van der Waals surface area contributed by atoms with Crippen molar-refractivity contribution in [2.45, 2.75) is 219 Å². The highest BCUT2D eigenvalue weighted by Gasteiger charge is 2.27. The first-order valence-corrected chi connectivity index (χ1v) is 27.2. The van der Waals surface area contributed by atoms with Crippen LogP contribution in [0.15, 0.2) is 72.9 Å². The molecule has 0 aliphatic heterocycles. The molecule has 10 heteroatoms. The molecule has 0 rings (SSSR count). The molecule has 0 aliphatic carbocycles. The van der Waals surface area contributed by atoms with Crippen LogP contribution in [0.4, 0.5) is 0 Å². The number of carbonyl (C=O) groups is 2. The summed E-state index contributed by atoms with van der Waals surface area (Å²) in [5.74, 6) is -0.652. The van der Waals surface area contributed by atoms with Gasteiger partial charge in [-0.3, -0.25) is 14.2 Å². The molecule has 0 heterocycles. The number of ether oxygens (including phenoxy) is 1. The monoisotopic (exact) mass is 917 g/mol. The maximum absolute atomic E-state index is 13.4. The summed E-state index contributed by atoms with van der Waals surface area (Å²) in [7, 11) is 1.13. The predicted molar refractivity (Wildman–Crippen MR) is 270 cm³/mol. The van der Waals surface area contributed by atoms with Crippen LogP contribution in [-0.2, 0) is 27.9 Å². The average molecular weight is 917 g/mol. The Morgan fingerprint density at radius 3 is 1.53 bits per heavy atom. The topological polar surface area (TPSA) is 114 Å². The van der Waals surface area contributed by atoms with E-state index in [-0.39, 0.29) is 31.3 Å². The summed E-state index contributed by atoms with van der Waals surface area (Å²) in [6.07, 6.45) is 54.6. The van der Waals surface area contributed by atoms with Crippen LogP contribution in [0.2, 0.25) is 0 Å². The SMILES string of the molecule is CC/C=C/C/C=C/C/C=C/CCCCCCC(=O)OC(/C=C/CCCCCCCCCCC)C(COP(=O)([O-])OCC[N+](C)(C)C)NC(=O)CC/C=C/C/C=C\CCCCCCCC. The highest BCUT2D eigenvalue weighted by molar-refractivity contribution is 7.45. The van der Waals surface area contributed by atoms with Gasteiger partial charge in [0.2, 0.25) is 5.91 Å². The fourth-order valence-electron chi connectivity index (χ4n) is 6.88. The molecule has 0 bridgehead atoms. The van der Waals surface area contributed by atoms with Crippen LogP contribution in [0.25, 0.3) is 0 Å². The van der Waals surface area contributed by atoms with Gasteiger partial charge in [-0.15, -0.1) is 0 Å². The molecule has 1 N–H and O–H groups in total. The number of carbonyl (C=O) groups excluding carboxylic acids is 2. The lowest BCUT2D eigenvalue weighted by molar-refractivity contribution is -0.870. The normalized spacial score (nSPS) is 14.5. The van der Waals surface area contributed by atoms with Crippen molar-refractivity contribution in [3.05, 3.63) is 72.9 Å². The molecule has 0 spiro atoms. The largest absolute Gasteiger partial charge is 0.756 e. The molecule has 0 aromatic heterocycles. The summed E-state index contributed by atoms with van der Waals surface area (Å²) >= 11 is 0. The zero-order valence-electron chi connectivity index (χ0n) is 42.0. The van der Waals surface area contributed by atoms with E-state index in [1.54, 1.807) is 6.08 Å². The van der Waals surface area contributed by atoms with Crippen molar-refractivity contribution >= 4 is 19.7 Å². The third kappa shape index (κ3) is 44.6. The van der Waals surface area contributed by atoms with Gasteiger partial charge in [-0.2, -0.15) is 0 Å². The second-order valence-electron chi connectivity index (χ2n) is 18.3. The average Bonchev–Trinajstić information content (AvgIpc) is 3.25. The van der Waals surface area contributed by atoms with Crippen LogP contribution in [0, 0.1) is 0 Å². The number of quaternary nitrogens is 1. The first-order valence-electron chi connectivity index (χ1n) is 25.7. The van der Waals surface area contributed by atoms with Crippen molar-refractivity contribution in [3.8, 4) is 0 Å². The van der Waals surface area contributed by atoms with Crippen LogP contribution in [-0.4, -0.2) is 69.4 Å². The van der Waals surface area contributed by atoms with Gasteiger partial charge in [0.1, 0.15) is 19.3 Å². The Hall–Kier alpha value is -2.55. The minimum Gasteiger partial charge on any atom is -0.756 e. The number of nitrogens with one attached hydrogen (secondary N) is 1. The molecule has 3 atom stereocenters. The fraction of sp³-hybridized carbons (Fsp3) is 0.741. The Bertz CT molecular complexity index is 1330. The maximum atomic E-state index is 13.4. The summed E-state index contributed by atoms with van der Waals surface area (Å²) in [4.78, 5) is 39.6. The van der Waals surface area contributed by atoms with E-state index in [1.165, 1.54) is 83.5 Å². The minimum atomic E-state index is -4.71. The van der Waals surface area contributed by atoms with Gasteiger partial charge in [-0.05, 0) is 83.1 Å². The van der Waals surface area contributed by atoms with Crippen molar-refractivity contribution in [1.82, 2.24) is 5.32 Å². The molecular formula is C54H97N2O7P. The van der Waals surface area contributed by atoms with Crippen molar-refractivity contribution in [3.63, 3.8) is 0 Å². The van der Waals surface area contributed by atoms with Crippen LogP contribution < -0.4 is 10.2 Å². The summed E-state index contributed by atoms with van der Waals surface area (Å²) in [6.45, 7) is 6.62. The van der Waals surface area contributed by atoms with Crippen molar-refractivity contribution in [2.24, 2.45) is 0 Å². The number of hydrogen-bond donors (Lipinski definition) is 1. The van der Waals surface area contributed by atoms with E-state index in [9.17, 15) is 19.0 Å². The molecule has 3 unspecified atom stereocenters. The lowest BCUT2D eigenvalue weighted by Crippen LogP contribution is -2.47. The highest BCUT2D eigenvalue weighted by atomic mass is 31.2. The predicted octanol–water partition coefficient (Wildman–Crippen LogP) is 14.3. The van der Waals surface area contributed by atoms with Gasteiger partial charge in [0.15, 0.2) is 0 Å². The number of allylic oxidation sites excluding steroid dienone is 11. The summed E-state index contributed by atoms with van der Waals surface area (Å²) < 4.78 is 30.0. The Kier molecular flexibility index (Phi) is 42.5. The lowest BCUT2D eigenvalue weighted by Gasteiger charge is -2.30. The molecule has 0 aliphatic rings. The van der Waals surface area contributed by atoms with E-state index in [1.807, 2.05) is 33.3 Å². The smallest absolute Gasteiger partial charge is 0.306 e. The van der Waals surface area contributed by atoms with Crippen LogP contribution >= 0.6 is 7.82 Å². The van der Waals surface area contributed by atoms with Crippen molar-refractivity contribution < 1.29 is 37.3 Å². The molecule has 0 saturated carbocycles. The maximum Gasteiger partial charge on any atom is 0.306 e. The summed E-state index contributed by atoms with van der Waals surface area (Å²) in [5, 5.41) is 2.96. The number of esters is 1. The number of unbranched alkanes of at least 4 members (excludes halogenated alkanes) is 19. The van der Waals surface area contributed by atoms with E-state index in [2.05, 4.69) is 80.8 Å². The first kappa shape index (κ1) is 61.5. The molecule has 0 aromatic rings. The van der Waals surface area contributed by atoms with Crippen molar-refractivity contribution in [2.75, 3.05) is 40.9 Å². The Balaban J connectivity index is 5.55. The highest BCUT2D eigenvalue weighted by Crippen LogP contribution is 2.38. The van der Waals surface area contributed by atoms with Gasteiger partial charge in [-0.1, -0.05) is 184 Å². The van der Waals surface area contributed by atoms with Gasteiger partial charge in [0, 0.05) is 12.8 Å². The minimum absolute atomic E-state index is 0.0379. The zero-order valence-corrected chi connectivity index (χ0v) is 42.9. The summed E-state index contributed by atoms with van der Waals surface area (Å²) in [5.41, 5.74) is 0. The molecular weight excluding hydrogens is 820 g/mol. The standard InChI is InChI=1S/C54H97N2O7P/c1-7-10-13-16-19-22-25-27-29-32-35-38-41-44-47-54(58)63-52(45-42-39-36-33-30-24-21-18-15-12-9-3)51(50-62-64(59,60)61-49-48-56(4,5)6)55-53(57)46-43-40-37-34-31-28-26-23-20-17-14-11-8-2/h10,13,19,22,27-29,31,37,40,42,45,51-52H,7-9,11-12,14-18,20-21,23-26,30,32-36,38-39,41,43-44,46-50H2,1-6H3,(H-,55,57,59,60)/b13-10+,22-19+,29-27+,31-28-,40-37+,45-42+. The molecule has 9 nitrogen and oxygen atoms in total. The van der Waals surface area contributed by atoms with Gasteiger partial charge < -0.3 is 28.5 Å². The van der Waals surface area contributed by atoms with Gasteiger partial charge in [0.05, 0.1) is 33.8 Å². The van der Waals surface area contributed by atoms with E-state index in [0.717, 1.165) is 77.0 Å². The first-order chi connectivity index (χ1) is 30.9. The number of rotatable bonds is 45. The molecule has 0 saturated heterocycles. The van der Waals surface area contributed by atoms with Gasteiger partial charge in [0.25, 0.3) is 7.82 Å². The second kappa shape index (κ2) is 44.3. The third-order valence-electron chi connectivity index (χ3n) is 10.9. The molecule has 1 amide bonds. The van der Waals surface area contributed by atoms with E-state index >= 15 is 0 Å². The molecule has 0 aromatic carbocycles. The number of hydrogen-bond acceptors (Lipinski definition) is 7. The quantitative estimate of drug-likeness (QED) is 0.0213. The van der Waals surface area contributed by atoms with Gasteiger partial charge >= 0.3 is 5.97 Å². The molecule has 0 radical (unpaired) electrons. The lowest BCUT2D eigenvalue weighted by atomic mass is 10.1. The van der Waals surface area contributed by atoms with E-state index < -0.39 is 26.6 Å². The Morgan fingerprint density at radius 1 is 0.562 bits per heavy atom. The number of amides is 1. The van der Waals surface area contributed by atoms with Crippen molar-refractivity contribution in [1.29, 1.82) is 0 Å². The van der Waals surface area contributed by atoms with Crippen LogP contribution in [0.3, 0.4) is 0 Å². The number of nitrogens with zero attached hydrogens (tertiary/aromatic N) is 1. The second-order valence-corrected chi connectivity index (χ2v) is 19.7. The Labute approximate surface area is 393 Å². The van der Waals surface area contributed by atoms with Crippen LogP contribution in [0.5, 0.6) is 0 Å². The van der Waals surface area contributed by atoms with E-state index in [0.29, 0.717) is 23.9 Å². The number of phosphoric acid groups is 1. The molecule has 0 fully saturated rings. The molecule has 64 heavy (non-hydrogen) atoms. The van der Waals surface area contributed by atoms with Crippen LogP contribution in [0.1, 0.15) is 207 Å². The summed E-state index contributed by atoms with van der Waals surface area (Å²) in [6, 6.07) is -0.927. The zero-order chi connectivity index (χ0) is 47.3. The number of phosphoric ester groups is 1. The Morgan fingerprint density at radius 2 is 1.02 bits per heavy atom. The molecule has 370 valence electrons. The number of likely N-dealkylation sites (N-methyl/N-ethyl adjacent to an activating group) is 1.